The number of aromatic nitrogens is 6. The predicted molar refractivity (Wildman–Crippen MR) is 430 cm³/mol. The summed E-state index contributed by atoms with van der Waals surface area (Å²) in [7, 11) is 12.2. The van der Waals surface area contributed by atoms with Crippen LogP contribution in [0.25, 0.3) is 67.5 Å². The first-order valence-corrected chi connectivity index (χ1v) is 32.0. The van der Waals surface area contributed by atoms with Crippen LogP contribution in [0.15, 0.2) is 237 Å². The van der Waals surface area contributed by atoms with Gasteiger partial charge < -0.3 is 0 Å². The van der Waals surface area contributed by atoms with E-state index in [2.05, 4.69) is 293 Å². The summed E-state index contributed by atoms with van der Waals surface area (Å²) in [5, 5.41) is 0. The van der Waals surface area contributed by atoms with Gasteiger partial charge in [-0.2, -0.15) is 4.57 Å². The van der Waals surface area contributed by atoms with E-state index in [4.69, 9.17) is 8.22 Å². The molecule has 0 radical (unpaired) electrons. The third kappa shape index (κ3) is 22.6. The van der Waals surface area contributed by atoms with Gasteiger partial charge in [0.2, 0.25) is 34.2 Å². The number of nitrogens with zero attached hydrogens (tertiary/aromatic N) is 6. The lowest BCUT2D eigenvalue weighted by Gasteiger charge is -2.10. The number of hydrogen-bond donors (Lipinski definition) is 0. The third-order valence-corrected chi connectivity index (χ3v) is 17.5. The van der Waals surface area contributed by atoms with Gasteiger partial charge >= 0.3 is 0 Å². The molecule has 99 heavy (non-hydrogen) atoms. The lowest BCUT2D eigenvalue weighted by Crippen LogP contribution is -2.34. The van der Waals surface area contributed by atoms with Crippen LogP contribution in [0.4, 0.5) is 0 Å². The van der Waals surface area contributed by atoms with Crippen LogP contribution in [0.5, 0.6) is 0 Å². The van der Waals surface area contributed by atoms with Crippen LogP contribution in [0.1, 0.15) is 136 Å². The van der Waals surface area contributed by atoms with Crippen LogP contribution in [0, 0.1) is 104 Å². The average molecular weight is 1330 g/mol. The van der Waals surface area contributed by atoms with E-state index in [-0.39, 0.29) is 44.6 Å². The van der Waals surface area contributed by atoms with Crippen LogP contribution in [0.2, 0.25) is 0 Å². The molecule has 0 atom stereocenters. The van der Waals surface area contributed by atoms with Crippen molar-refractivity contribution in [3.8, 4) is 67.5 Å². The Hall–Kier alpha value is -9.78. The maximum Gasteiger partial charge on any atom is 0.215 e. The Morgan fingerprint density at radius 3 is 1.09 bits per heavy atom. The molecule has 0 saturated heterocycles. The normalized spacial score (nSPS) is 10.9. The van der Waals surface area contributed by atoms with Crippen LogP contribution >= 0.6 is 0 Å². The zero-order valence-electron chi connectivity index (χ0n) is 64.7. The first-order valence-electron chi connectivity index (χ1n) is 35.0. The van der Waals surface area contributed by atoms with Gasteiger partial charge in [-0.25, -0.2) is 22.8 Å². The van der Waals surface area contributed by atoms with Crippen LogP contribution < -0.4 is 27.4 Å². The van der Waals surface area contributed by atoms with Gasteiger partial charge in [0, 0.05) is 119 Å². The van der Waals surface area contributed by atoms with Gasteiger partial charge in [0.1, 0.15) is 42.3 Å². The minimum atomic E-state index is -2.06. The summed E-state index contributed by atoms with van der Waals surface area (Å²) < 4.78 is 57.4. The van der Waals surface area contributed by atoms with Crippen molar-refractivity contribution in [2.24, 2.45) is 42.3 Å². The van der Waals surface area contributed by atoms with E-state index in [0.717, 1.165) is 28.1 Å². The molecule has 0 N–H and O–H groups in total. The molecule has 12 aromatic rings. The summed E-state index contributed by atoms with van der Waals surface area (Å²) in [6.45, 7) is 23.5. The standard InChI is InChI=1S/C16H20N.C15H18N.4C14H16N.6CH4/c1-11-8-6-7-9-15(11)16-14(4)13(3)12(2)10-17(16)5;1-11-7-5-6-8-14(11)15-9-12(2)13(3)10-16(15)4;1-11-7-4-5-9-13(11)14-12(2)8-6-10-15(14)3;1-11-7-4-5-9-13(11)14-10-6-8-12(2)15(14)3;1-11-8-9-15(3)14(10-11)13-7-5-4-6-12(13)2;1-11-8-9-14(15(3)10-11)13-7-5-4-6-12(13)2;;;;;;/h6-10H,1-5H3;5-10H,1-4H3;4*4-10H,1-3H3;6*1H4/q6*+1;;;;;;/i;3D3;;;;1D3;;;;;;. The van der Waals surface area contributed by atoms with Crippen molar-refractivity contribution in [3.05, 3.63) is 321 Å². The van der Waals surface area contributed by atoms with Gasteiger partial charge in [-0.15, -0.1) is 0 Å². The van der Waals surface area contributed by atoms with Gasteiger partial charge in [0.15, 0.2) is 36.7 Å². The highest BCUT2D eigenvalue weighted by Crippen LogP contribution is 2.28. The fraction of sp³-hybridized carbons (Fsp3) is 0.290. The number of rotatable bonds is 6. The molecule has 0 amide bonds. The second-order valence-electron chi connectivity index (χ2n) is 24.7. The van der Waals surface area contributed by atoms with E-state index in [1.165, 1.54) is 112 Å². The topological polar surface area (TPSA) is 23.3 Å². The molecule has 0 fully saturated rings. The SMILES string of the molecule is C.C.C.C.C.C.Cc1cc[n+](C)c(-c2ccccc2C)c1.Cc1ccccc1-c1c(C)c(C)c(C)c[n+]1C.Cc1ccccc1-c1c(C)ccc[n+]1C.Cc1ccccc1-c1cccc(C)[n+]1C.[2H]C([2H])([2H])c1c[n+](C)c(-c2ccccc2C)cc1C.[2H]C([2H])([2H])c1ccc(-c2ccccc2C)[n+](C)c1. The summed E-state index contributed by atoms with van der Waals surface area (Å²) >= 11 is 0. The van der Waals surface area contributed by atoms with Crippen molar-refractivity contribution in [2.45, 2.75) is 148 Å². The van der Waals surface area contributed by atoms with E-state index < -0.39 is 13.7 Å². The van der Waals surface area contributed by atoms with E-state index in [1.54, 1.807) is 18.5 Å². The highest BCUT2D eigenvalue weighted by molar-refractivity contribution is 5.67. The van der Waals surface area contributed by atoms with E-state index >= 15 is 0 Å². The van der Waals surface area contributed by atoms with Gasteiger partial charge in [0.05, 0.1) is 0 Å². The molecule has 12 rings (SSSR count). The smallest absolute Gasteiger partial charge is 0.201 e. The molecule has 0 saturated carbocycles. The Kier molecular flexibility index (Phi) is 31.6. The molecule has 6 nitrogen and oxygen atoms in total. The van der Waals surface area contributed by atoms with E-state index in [9.17, 15) is 0 Å². The molecule has 0 aliphatic rings. The highest BCUT2D eigenvalue weighted by Gasteiger charge is 2.20. The molecule has 0 aliphatic carbocycles. The second-order valence-corrected chi connectivity index (χ2v) is 24.7. The lowest BCUT2D eigenvalue weighted by molar-refractivity contribution is -0.666. The van der Waals surface area contributed by atoms with Crippen molar-refractivity contribution >= 4 is 0 Å². The minimum Gasteiger partial charge on any atom is -0.201 e. The van der Waals surface area contributed by atoms with Gasteiger partial charge in [-0.05, 0) is 201 Å². The molecule has 6 aromatic carbocycles. The van der Waals surface area contributed by atoms with Crippen molar-refractivity contribution < 1.29 is 35.6 Å². The highest BCUT2D eigenvalue weighted by atomic mass is 15.0. The fourth-order valence-corrected chi connectivity index (χ4v) is 11.7. The Labute approximate surface area is 611 Å². The number of pyridine rings is 6. The number of hydrogen-bond acceptors (Lipinski definition) is 0. The molecule has 6 heterocycles. The van der Waals surface area contributed by atoms with Crippen LogP contribution in [-0.2, 0) is 42.3 Å². The Morgan fingerprint density at radius 1 is 0.242 bits per heavy atom. The van der Waals surface area contributed by atoms with E-state index in [0.29, 0.717) is 11.1 Å². The summed E-state index contributed by atoms with van der Waals surface area (Å²) in [5.74, 6) is 0. The molecule has 0 unspecified atom stereocenters. The first-order chi connectivity index (χ1) is 46.8. The Bertz CT molecular complexity index is 4710. The molecule has 522 valence electrons. The molecule has 6 heteroatoms. The first kappa shape index (κ1) is 76.6. The zero-order valence-corrected chi connectivity index (χ0v) is 58.7. The molecular formula is C93H126N6+6. The van der Waals surface area contributed by atoms with Crippen LogP contribution in [-0.4, -0.2) is 0 Å². The van der Waals surface area contributed by atoms with E-state index in [1.807, 2.05) is 85.6 Å². The largest absolute Gasteiger partial charge is 0.215 e. The fourth-order valence-electron chi connectivity index (χ4n) is 11.7. The molecule has 0 bridgehead atoms. The van der Waals surface area contributed by atoms with Crippen molar-refractivity contribution in [3.63, 3.8) is 0 Å². The molecule has 6 aromatic heterocycles. The monoisotopic (exact) mass is 1330 g/mol. The van der Waals surface area contributed by atoms with Gasteiger partial charge in [-0.1, -0.05) is 154 Å². The maximum atomic E-state index is 7.55. The maximum absolute atomic E-state index is 7.55. The molecular weight excluding hydrogens is 1200 g/mol. The van der Waals surface area contributed by atoms with Crippen molar-refractivity contribution in [2.75, 3.05) is 0 Å². The quantitative estimate of drug-likeness (QED) is 0.148. The Morgan fingerprint density at radius 2 is 0.646 bits per heavy atom. The summed E-state index contributed by atoms with van der Waals surface area (Å²) in [4.78, 5) is 0. The third-order valence-electron chi connectivity index (χ3n) is 17.5. The van der Waals surface area contributed by atoms with Gasteiger partial charge in [-0.3, -0.25) is 0 Å². The zero-order chi connectivity index (χ0) is 72.6. The van der Waals surface area contributed by atoms with Crippen molar-refractivity contribution in [1.29, 1.82) is 0 Å². The summed E-state index contributed by atoms with van der Waals surface area (Å²) in [6, 6.07) is 70.7. The second kappa shape index (κ2) is 40.8. The summed E-state index contributed by atoms with van der Waals surface area (Å²) in [5.41, 5.74) is 32.0. The minimum absolute atomic E-state index is 0. The predicted octanol–water partition coefficient (Wildman–Crippen LogP) is 21.5. The van der Waals surface area contributed by atoms with Gasteiger partial charge in [0.25, 0.3) is 0 Å². The molecule has 0 aliphatic heterocycles. The number of aryl methyl sites for hydroxylation is 18. The number of benzene rings is 6. The van der Waals surface area contributed by atoms with Crippen LogP contribution in [0.3, 0.4) is 0 Å². The molecule has 0 spiro atoms. The Balaban J connectivity index is 0.000000624. The summed E-state index contributed by atoms with van der Waals surface area (Å²) in [6.07, 6.45) is 9.80. The average Bonchev–Trinajstić information content (AvgIpc) is 0.806. The van der Waals surface area contributed by atoms with Crippen molar-refractivity contribution in [1.82, 2.24) is 0 Å². The lowest BCUT2D eigenvalue weighted by atomic mass is 9.97.